The summed E-state index contributed by atoms with van der Waals surface area (Å²) in [5, 5.41) is 3.11. The van der Waals surface area contributed by atoms with Crippen molar-refractivity contribution in [3.05, 3.63) is 35.8 Å². The molecule has 0 aromatic carbocycles. The van der Waals surface area contributed by atoms with Crippen LogP contribution in [0.5, 0.6) is 0 Å². The average Bonchev–Trinajstić information content (AvgIpc) is 2.17. The van der Waals surface area contributed by atoms with E-state index in [0.29, 0.717) is 6.42 Å². The Morgan fingerprint density at radius 3 is 3.09 bits per heavy atom. The van der Waals surface area contributed by atoms with Crippen LogP contribution in [0.15, 0.2) is 35.8 Å². The Labute approximate surface area is 66.3 Å². The van der Waals surface area contributed by atoms with Gasteiger partial charge in [-0.3, -0.25) is 0 Å². The van der Waals surface area contributed by atoms with Crippen LogP contribution in [0, 0.1) is 0 Å². The molecule has 0 aromatic rings. The summed E-state index contributed by atoms with van der Waals surface area (Å²) in [5.41, 5.74) is 0.972. The minimum absolute atomic E-state index is 0.0887. The quantitative estimate of drug-likeness (QED) is 0.641. The summed E-state index contributed by atoms with van der Waals surface area (Å²) < 4.78 is 12.6. The van der Waals surface area contributed by atoms with Gasteiger partial charge in [0.2, 0.25) is 0 Å². The van der Waals surface area contributed by atoms with Gasteiger partial charge in [0.15, 0.2) is 0 Å². The first-order chi connectivity index (χ1) is 5.33. The van der Waals surface area contributed by atoms with Crippen LogP contribution in [0.25, 0.3) is 0 Å². The number of allylic oxidation sites excluding steroid dienone is 5. The van der Waals surface area contributed by atoms with Crippen molar-refractivity contribution in [2.75, 3.05) is 6.54 Å². The van der Waals surface area contributed by atoms with Crippen molar-refractivity contribution in [3.63, 3.8) is 0 Å². The van der Waals surface area contributed by atoms with Crippen LogP contribution in [-0.4, -0.2) is 6.54 Å². The second-order valence-electron chi connectivity index (χ2n) is 2.37. The summed E-state index contributed by atoms with van der Waals surface area (Å²) in [5.74, 6) is -0.0887. The normalized spacial score (nSPS) is 16.9. The molecule has 0 fully saturated rings. The summed E-state index contributed by atoms with van der Waals surface area (Å²) in [4.78, 5) is 0. The second kappa shape index (κ2) is 3.96. The lowest BCUT2D eigenvalue weighted by atomic mass is 10.3. The number of nitrogens with one attached hydrogen (secondary N) is 1. The Bertz CT molecular complexity index is 214. The van der Waals surface area contributed by atoms with Crippen molar-refractivity contribution in [2.24, 2.45) is 0 Å². The van der Waals surface area contributed by atoms with Crippen molar-refractivity contribution in [2.45, 2.75) is 13.3 Å². The predicted octanol–water partition coefficient (Wildman–Crippen LogP) is 2.29. The first-order valence-corrected chi connectivity index (χ1v) is 3.79. The number of hydrogen-bond acceptors (Lipinski definition) is 1. The van der Waals surface area contributed by atoms with Crippen molar-refractivity contribution in [1.29, 1.82) is 0 Å². The molecule has 0 aromatic heterocycles. The maximum absolute atomic E-state index is 12.6. The summed E-state index contributed by atoms with van der Waals surface area (Å²) in [6, 6.07) is 0. The fraction of sp³-hybridized carbons (Fsp3) is 0.333. The van der Waals surface area contributed by atoms with Gasteiger partial charge in [0, 0.05) is 18.7 Å². The standard InChI is InChI=1S/C9H12FN/c1-2-11-9-5-3-4-8(10)6-7-9/h3,5-7,11H,2,4H2,1H3. The molecule has 0 atom stereocenters. The lowest BCUT2D eigenvalue weighted by molar-refractivity contribution is 0.618. The molecule has 0 heterocycles. The van der Waals surface area contributed by atoms with Gasteiger partial charge in [-0.05, 0) is 25.2 Å². The number of rotatable bonds is 2. The molecule has 1 rings (SSSR count). The molecule has 0 saturated carbocycles. The number of hydrogen-bond donors (Lipinski definition) is 1. The van der Waals surface area contributed by atoms with Gasteiger partial charge in [-0.1, -0.05) is 6.08 Å². The van der Waals surface area contributed by atoms with Crippen LogP contribution in [0.3, 0.4) is 0 Å². The van der Waals surface area contributed by atoms with Crippen LogP contribution in [0.2, 0.25) is 0 Å². The zero-order valence-electron chi connectivity index (χ0n) is 6.60. The van der Waals surface area contributed by atoms with E-state index in [2.05, 4.69) is 5.32 Å². The van der Waals surface area contributed by atoms with Gasteiger partial charge in [0.25, 0.3) is 0 Å². The van der Waals surface area contributed by atoms with E-state index in [1.54, 1.807) is 6.08 Å². The second-order valence-corrected chi connectivity index (χ2v) is 2.37. The van der Waals surface area contributed by atoms with Crippen molar-refractivity contribution in [1.82, 2.24) is 5.32 Å². The van der Waals surface area contributed by atoms with E-state index in [1.165, 1.54) is 6.08 Å². The third kappa shape index (κ3) is 2.58. The fourth-order valence-corrected chi connectivity index (χ4v) is 0.924. The van der Waals surface area contributed by atoms with Gasteiger partial charge in [-0.2, -0.15) is 0 Å². The zero-order valence-corrected chi connectivity index (χ0v) is 6.60. The maximum atomic E-state index is 12.6. The highest BCUT2D eigenvalue weighted by Gasteiger charge is 1.95. The van der Waals surface area contributed by atoms with Crippen LogP contribution >= 0.6 is 0 Å². The van der Waals surface area contributed by atoms with E-state index in [0.717, 1.165) is 12.2 Å². The van der Waals surface area contributed by atoms with Crippen molar-refractivity contribution < 1.29 is 4.39 Å². The minimum Gasteiger partial charge on any atom is -0.385 e. The fourth-order valence-electron chi connectivity index (χ4n) is 0.924. The predicted molar refractivity (Wildman–Crippen MR) is 44.7 cm³/mol. The number of likely N-dealkylation sites (N-methyl/N-ethyl adjacent to an activating group) is 1. The highest BCUT2D eigenvalue weighted by Crippen LogP contribution is 2.09. The molecule has 0 saturated heterocycles. The topological polar surface area (TPSA) is 12.0 Å². The molecule has 0 unspecified atom stereocenters. The first kappa shape index (κ1) is 8.05. The van der Waals surface area contributed by atoms with Crippen LogP contribution in [0.1, 0.15) is 13.3 Å². The Morgan fingerprint density at radius 1 is 1.55 bits per heavy atom. The SMILES string of the molecule is CCNC1=CC=C(F)CC=C1. The van der Waals surface area contributed by atoms with E-state index >= 15 is 0 Å². The molecule has 11 heavy (non-hydrogen) atoms. The van der Waals surface area contributed by atoms with E-state index in [9.17, 15) is 4.39 Å². The highest BCUT2D eigenvalue weighted by atomic mass is 19.1. The van der Waals surface area contributed by atoms with Crippen LogP contribution in [-0.2, 0) is 0 Å². The summed E-state index contributed by atoms with van der Waals surface area (Å²) in [7, 11) is 0. The summed E-state index contributed by atoms with van der Waals surface area (Å²) >= 11 is 0. The molecular formula is C9H12FN. The monoisotopic (exact) mass is 153 g/mol. The van der Waals surface area contributed by atoms with Gasteiger partial charge in [0.1, 0.15) is 5.83 Å². The molecule has 0 amide bonds. The molecule has 2 heteroatoms. The molecule has 0 spiro atoms. The maximum Gasteiger partial charge on any atom is 0.104 e. The summed E-state index contributed by atoms with van der Waals surface area (Å²) in [6.45, 7) is 2.88. The van der Waals surface area contributed by atoms with Gasteiger partial charge < -0.3 is 5.32 Å². The molecule has 0 radical (unpaired) electrons. The molecule has 0 aliphatic heterocycles. The highest BCUT2D eigenvalue weighted by molar-refractivity contribution is 5.27. The molecule has 60 valence electrons. The van der Waals surface area contributed by atoms with Gasteiger partial charge in [0.05, 0.1) is 0 Å². The first-order valence-electron chi connectivity index (χ1n) is 3.79. The van der Waals surface area contributed by atoms with Crippen molar-refractivity contribution in [3.8, 4) is 0 Å². The van der Waals surface area contributed by atoms with E-state index in [4.69, 9.17) is 0 Å². The molecule has 1 aliphatic rings. The lowest BCUT2D eigenvalue weighted by Gasteiger charge is -2.00. The average molecular weight is 153 g/mol. The largest absolute Gasteiger partial charge is 0.385 e. The third-order valence-corrected chi connectivity index (χ3v) is 1.43. The third-order valence-electron chi connectivity index (χ3n) is 1.43. The molecular weight excluding hydrogens is 141 g/mol. The Hall–Kier alpha value is -1.05. The van der Waals surface area contributed by atoms with Gasteiger partial charge in [-0.15, -0.1) is 0 Å². The van der Waals surface area contributed by atoms with Crippen LogP contribution < -0.4 is 5.32 Å². The Morgan fingerprint density at radius 2 is 2.36 bits per heavy atom. The molecule has 1 N–H and O–H groups in total. The zero-order chi connectivity index (χ0) is 8.10. The van der Waals surface area contributed by atoms with E-state index in [1.807, 2.05) is 19.1 Å². The van der Waals surface area contributed by atoms with Crippen molar-refractivity contribution >= 4 is 0 Å². The van der Waals surface area contributed by atoms with Crippen LogP contribution in [0.4, 0.5) is 4.39 Å². The van der Waals surface area contributed by atoms with E-state index < -0.39 is 0 Å². The molecule has 0 bridgehead atoms. The van der Waals surface area contributed by atoms with E-state index in [-0.39, 0.29) is 5.83 Å². The minimum atomic E-state index is -0.0887. The summed E-state index contributed by atoms with van der Waals surface area (Å²) in [6.07, 6.45) is 7.37. The molecule has 1 aliphatic carbocycles. The van der Waals surface area contributed by atoms with Gasteiger partial charge in [-0.25, -0.2) is 4.39 Å². The lowest BCUT2D eigenvalue weighted by Crippen LogP contribution is -2.09. The smallest absolute Gasteiger partial charge is 0.104 e. The van der Waals surface area contributed by atoms with Gasteiger partial charge >= 0.3 is 0 Å². The molecule has 1 nitrogen and oxygen atoms in total. The Balaban J connectivity index is 2.64. The number of halogens is 1. The Kier molecular flexibility index (Phi) is 2.90.